The van der Waals surface area contributed by atoms with Crippen LogP contribution in [0.15, 0.2) is 70.6 Å². The van der Waals surface area contributed by atoms with Gasteiger partial charge in [0.2, 0.25) is 0 Å². The molecule has 6 aromatic rings. The zero-order chi connectivity index (χ0) is 49.2. The Balaban J connectivity index is 0.000000155. The summed E-state index contributed by atoms with van der Waals surface area (Å²) >= 11 is 0. The molecule has 14 rings (SSSR count). The molecular weight excluding hydrogens is 949 g/mol. The minimum atomic E-state index is -0.707. The largest absolute Gasteiger partial charge is 0.481 e. The molecule has 10 nitrogen and oxygen atoms in total. The van der Waals surface area contributed by atoms with E-state index in [9.17, 15) is 28.6 Å². The summed E-state index contributed by atoms with van der Waals surface area (Å²) < 4.78 is 76.0. The van der Waals surface area contributed by atoms with Gasteiger partial charge in [-0.2, -0.15) is 0 Å². The first-order valence-electron chi connectivity index (χ1n) is 25.8. The first-order chi connectivity index (χ1) is 34.9. The number of rotatable bonds is 8. The van der Waals surface area contributed by atoms with E-state index >= 15 is 8.78 Å². The van der Waals surface area contributed by atoms with Gasteiger partial charge in [0.05, 0.1) is 36.0 Å². The van der Waals surface area contributed by atoms with Gasteiger partial charge in [0, 0.05) is 106 Å². The van der Waals surface area contributed by atoms with Crippen molar-refractivity contribution in [2.75, 3.05) is 26.4 Å². The predicted molar refractivity (Wildman–Crippen MR) is 278 cm³/mol. The van der Waals surface area contributed by atoms with Gasteiger partial charge in [0.1, 0.15) is 23.3 Å². The van der Waals surface area contributed by atoms with Crippen LogP contribution in [0.25, 0.3) is 33.2 Å². The molecular formula is C60H64F4N4O6. The van der Waals surface area contributed by atoms with Crippen molar-refractivity contribution in [3.63, 3.8) is 0 Å². The molecule has 2 aromatic heterocycles. The Morgan fingerprint density at radius 3 is 1.22 bits per heavy atom. The molecule has 8 aliphatic rings. The average molecular weight is 1010 g/mol. The zero-order valence-electron chi connectivity index (χ0n) is 39.9. The van der Waals surface area contributed by atoms with Crippen LogP contribution in [0.5, 0.6) is 0 Å². The van der Waals surface area contributed by atoms with Crippen LogP contribution in [0.1, 0.15) is 160 Å². The SMILES string of the molecule is C.C.O=C(O)C1CC2(C1)CC(c1c(C3CCOCC3)n(-c3ccc(F)cc3)c3cc4c(c(F)c13)CN=C4)C2.O=C(O)C1CC2(C1)CC(c1c(C3CCOCC3)n(-c3ccc(F)cc3)c3cc4c(c(F)c13)CN=C4)C2. The van der Waals surface area contributed by atoms with Gasteiger partial charge < -0.3 is 28.8 Å². The number of aromatic nitrogens is 2. The zero-order valence-corrected chi connectivity index (χ0v) is 39.9. The van der Waals surface area contributed by atoms with Gasteiger partial charge in [0.15, 0.2) is 0 Å². The summed E-state index contributed by atoms with van der Waals surface area (Å²) in [5.74, 6) is -2.14. The Morgan fingerprint density at radius 1 is 0.527 bits per heavy atom. The van der Waals surface area contributed by atoms with E-state index in [1.807, 2.05) is 12.1 Å². The van der Waals surface area contributed by atoms with Crippen LogP contribution in [0.3, 0.4) is 0 Å². The van der Waals surface area contributed by atoms with Crippen LogP contribution in [0.4, 0.5) is 17.6 Å². The van der Waals surface area contributed by atoms with Crippen molar-refractivity contribution in [1.82, 2.24) is 9.13 Å². The van der Waals surface area contributed by atoms with E-state index in [1.165, 1.54) is 24.3 Å². The van der Waals surface area contributed by atoms with Gasteiger partial charge in [-0.05, 0) is 172 Å². The molecule has 0 amide bonds. The number of fused-ring (bicyclic) bond motifs is 4. The second-order valence-corrected chi connectivity index (χ2v) is 22.3. The molecule has 14 heteroatoms. The summed E-state index contributed by atoms with van der Waals surface area (Å²) in [6.45, 7) is 3.34. The summed E-state index contributed by atoms with van der Waals surface area (Å²) in [6.07, 6.45) is 13.3. The third-order valence-corrected chi connectivity index (χ3v) is 18.1. The van der Waals surface area contributed by atoms with E-state index in [1.54, 1.807) is 36.7 Å². The lowest BCUT2D eigenvalue weighted by molar-refractivity contribution is -0.156. The quantitative estimate of drug-likeness (QED) is 0.146. The van der Waals surface area contributed by atoms with Gasteiger partial charge in [-0.1, -0.05) is 14.9 Å². The number of hydrogen-bond acceptors (Lipinski definition) is 6. The van der Waals surface area contributed by atoms with Gasteiger partial charge in [-0.3, -0.25) is 19.6 Å². The molecule has 6 fully saturated rings. The number of ether oxygens (including phenoxy) is 2. The molecule has 388 valence electrons. The minimum Gasteiger partial charge on any atom is -0.481 e. The molecule has 4 aliphatic heterocycles. The number of carboxylic acid groups (broad SMARTS) is 2. The number of carbonyl (C=O) groups is 2. The molecule has 2 spiro atoms. The number of halogens is 4. The van der Waals surface area contributed by atoms with Crippen LogP contribution in [-0.2, 0) is 32.2 Å². The Labute approximate surface area is 428 Å². The molecule has 4 saturated carbocycles. The third kappa shape index (κ3) is 8.03. The van der Waals surface area contributed by atoms with E-state index in [2.05, 4.69) is 19.1 Å². The third-order valence-electron chi connectivity index (χ3n) is 18.1. The second-order valence-electron chi connectivity index (χ2n) is 22.3. The van der Waals surface area contributed by atoms with Crippen LogP contribution in [-0.4, -0.2) is 70.1 Å². The van der Waals surface area contributed by atoms with Crippen molar-refractivity contribution in [3.05, 3.63) is 129 Å². The van der Waals surface area contributed by atoms with Gasteiger partial charge in [-0.15, -0.1) is 0 Å². The van der Waals surface area contributed by atoms with E-state index in [4.69, 9.17) is 9.47 Å². The van der Waals surface area contributed by atoms with Crippen LogP contribution in [0.2, 0.25) is 0 Å². The number of aliphatic carboxylic acids is 2. The summed E-state index contributed by atoms with van der Waals surface area (Å²) in [5.41, 5.74) is 10.7. The van der Waals surface area contributed by atoms with Crippen molar-refractivity contribution in [2.45, 2.75) is 129 Å². The summed E-state index contributed by atoms with van der Waals surface area (Å²) in [4.78, 5) is 31.5. The highest BCUT2D eigenvalue weighted by Gasteiger charge is 2.58. The Hall–Kier alpha value is -6.12. The molecule has 6 heterocycles. The predicted octanol–water partition coefficient (Wildman–Crippen LogP) is 13.5. The van der Waals surface area contributed by atoms with E-state index in [0.29, 0.717) is 87.1 Å². The Morgan fingerprint density at radius 2 is 0.878 bits per heavy atom. The number of carboxylic acids is 2. The molecule has 0 radical (unpaired) electrons. The highest BCUT2D eigenvalue weighted by molar-refractivity contribution is 5.98. The summed E-state index contributed by atoms with van der Waals surface area (Å²) in [7, 11) is 0. The van der Waals surface area contributed by atoms with Gasteiger partial charge >= 0.3 is 11.9 Å². The molecule has 74 heavy (non-hydrogen) atoms. The maximum absolute atomic E-state index is 16.3. The van der Waals surface area contributed by atoms with Crippen LogP contribution >= 0.6 is 0 Å². The minimum absolute atomic E-state index is 0. The second kappa shape index (κ2) is 18.9. The number of hydrogen-bond donors (Lipinski definition) is 2. The monoisotopic (exact) mass is 1010 g/mol. The highest BCUT2D eigenvalue weighted by atomic mass is 19.1. The topological polar surface area (TPSA) is 128 Å². The van der Waals surface area contributed by atoms with E-state index < -0.39 is 11.9 Å². The standard InChI is InChI=1S/2C29H28F2N2O3.2CH4/c2*30-20-1-3-21(4-2-20)33-23-9-17-14-32-15-22(17)26(31)25(23)24(27(33)16-5-7-36-8-6-16)18-10-29(11-18)12-19(13-29)28(34)35;;/h2*1-4,9,14,16,18-19H,5-8,10-13,15H2,(H,34,35);2*1H4. The van der Waals surface area contributed by atoms with Crippen molar-refractivity contribution in [3.8, 4) is 11.4 Å². The fraction of sp³-hybridized carbons (Fsp3) is 0.467. The van der Waals surface area contributed by atoms with Gasteiger partial charge in [0.25, 0.3) is 0 Å². The normalized spacial score (nSPS) is 26.5. The summed E-state index contributed by atoms with van der Waals surface area (Å²) in [6, 6.07) is 17.0. The van der Waals surface area contributed by atoms with Crippen molar-refractivity contribution in [1.29, 1.82) is 0 Å². The maximum atomic E-state index is 16.3. The van der Waals surface area contributed by atoms with E-state index in [0.717, 1.165) is 107 Å². The molecule has 2 N–H and O–H groups in total. The van der Waals surface area contributed by atoms with Crippen LogP contribution in [0, 0.1) is 45.9 Å². The first-order valence-corrected chi connectivity index (χ1v) is 25.8. The molecule has 0 unspecified atom stereocenters. The van der Waals surface area contributed by atoms with Gasteiger partial charge in [-0.25, -0.2) is 17.6 Å². The molecule has 2 saturated heterocycles. The Bertz CT molecular complexity index is 3030. The molecule has 0 atom stereocenters. The molecule has 0 bridgehead atoms. The van der Waals surface area contributed by atoms with Crippen molar-refractivity contribution in [2.24, 2.45) is 32.7 Å². The number of nitrogens with zero attached hydrogens (tertiary/aromatic N) is 4. The summed E-state index contributed by atoms with van der Waals surface area (Å²) in [5, 5.41) is 20.1. The number of aliphatic imine (C=N–C) groups is 2. The first kappa shape index (κ1) is 50.1. The molecule has 4 aliphatic carbocycles. The van der Waals surface area contributed by atoms with Crippen LogP contribution < -0.4 is 0 Å². The highest BCUT2D eigenvalue weighted by Crippen LogP contribution is 2.67. The smallest absolute Gasteiger partial charge is 0.306 e. The fourth-order valence-electron chi connectivity index (χ4n) is 14.7. The average Bonchev–Trinajstić information content (AvgIpc) is 4.18. The fourth-order valence-corrected chi connectivity index (χ4v) is 14.7. The maximum Gasteiger partial charge on any atom is 0.306 e. The van der Waals surface area contributed by atoms with Crippen molar-refractivity contribution < 1.29 is 46.8 Å². The lowest BCUT2D eigenvalue weighted by atomic mass is 9.47. The number of benzene rings is 4. The Kier molecular flexibility index (Phi) is 12.8. The van der Waals surface area contributed by atoms with Crippen molar-refractivity contribution >= 4 is 46.2 Å². The molecule has 4 aromatic carbocycles. The van der Waals surface area contributed by atoms with E-state index in [-0.39, 0.29) is 84.5 Å². The lowest BCUT2D eigenvalue weighted by Crippen LogP contribution is -2.49. The lowest BCUT2D eigenvalue weighted by Gasteiger charge is -2.57.